The van der Waals surface area contributed by atoms with Crippen molar-refractivity contribution in [1.82, 2.24) is 14.3 Å². The van der Waals surface area contributed by atoms with E-state index in [2.05, 4.69) is 9.97 Å². The molecule has 140 valence electrons. The number of piperidine rings is 1. The van der Waals surface area contributed by atoms with Gasteiger partial charge in [-0.15, -0.1) is 0 Å². The summed E-state index contributed by atoms with van der Waals surface area (Å²) < 4.78 is 43.3. The van der Waals surface area contributed by atoms with Crippen LogP contribution < -0.4 is 14.2 Å². The number of methoxy groups -OCH3 is 2. The average Bonchev–Trinajstić information content (AvgIpc) is 2.68. The Bertz CT molecular complexity index is 837. The third-order valence-corrected chi connectivity index (χ3v) is 6.10. The monoisotopic (exact) mass is 379 g/mol. The fourth-order valence-corrected chi connectivity index (χ4v) is 4.30. The zero-order valence-electron chi connectivity index (χ0n) is 14.7. The van der Waals surface area contributed by atoms with Gasteiger partial charge in [0.05, 0.1) is 19.1 Å². The van der Waals surface area contributed by atoms with Crippen molar-refractivity contribution in [3.05, 3.63) is 36.7 Å². The molecule has 2 heterocycles. The van der Waals surface area contributed by atoms with Crippen LogP contribution in [0, 0.1) is 0 Å². The van der Waals surface area contributed by atoms with Crippen LogP contribution >= 0.6 is 0 Å². The van der Waals surface area contributed by atoms with Crippen molar-refractivity contribution in [3.63, 3.8) is 0 Å². The number of nitrogens with zero attached hydrogens (tertiary/aromatic N) is 3. The Morgan fingerprint density at radius 2 is 1.69 bits per heavy atom. The Labute approximate surface area is 152 Å². The number of hydrogen-bond donors (Lipinski definition) is 0. The van der Waals surface area contributed by atoms with Crippen molar-refractivity contribution < 1.29 is 22.6 Å². The summed E-state index contributed by atoms with van der Waals surface area (Å²) in [4.78, 5) is 8.25. The topological polar surface area (TPSA) is 90.9 Å². The molecule has 8 nitrogen and oxygen atoms in total. The Morgan fingerprint density at radius 1 is 1.04 bits per heavy atom. The Morgan fingerprint density at radius 3 is 2.31 bits per heavy atom. The van der Waals surface area contributed by atoms with Crippen LogP contribution in [0.5, 0.6) is 17.5 Å². The highest BCUT2D eigenvalue weighted by Crippen LogP contribution is 2.31. The van der Waals surface area contributed by atoms with Crippen molar-refractivity contribution in [2.24, 2.45) is 0 Å². The molecule has 26 heavy (non-hydrogen) atoms. The SMILES string of the molecule is COc1ccc(S(=O)(=O)N2CCC(Oc3ncccn3)CC2)cc1OC. The van der Waals surface area contributed by atoms with E-state index in [9.17, 15) is 8.42 Å². The molecule has 1 aromatic heterocycles. The summed E-state index contributed by atoms with van der Waals surface area (Å²) in [5, 5.41) is 0. The van der Waals surface area contributed by atoms with E-state index >= 15 is 0 Å². The Hall–Kier alpha value is -2.39. The van der Waals surface area contributed by atoms with Crippen molar-refractivity contribution >= 4 is 10.0 Å². The van der Waals surface area contributed by atoms with Gasteiger partial charge in [0.25, 0.3) is 0 Å². The summed E-state index contributed by atoms with van der Waals surface area (Å²) in [6.45, 7) is 0.738. The molecular formula is C17H21N3O5S. The number of benzene rings is 1. The molecule has 3 rings (SSSR count). The summed E-state index contributed by atoms with van der Waals surface area (Å²) in [5.74, 6) is 0.870. The first-order valence-corrected chi connectivity index (χ1v) is 9.64. The van der Waals surface area contributed by atoms with Gasteiger partial charge in [-0.2, -0.15) is 4.31 Å². The van der Waals surface area contributed by atoms with Gasteiger partial charge in [-0.25, -0.2) is 18.4 Å². The van der Waals surface area contributed by atoms with Crippen molar-refractivity contribution in [3.8, 4) is 17.5 Å². The smallest absolute Gasteiger partial charge is 0.316 e. The molecule has 0 spiro atoms. The number of ether oxygens (including phenoxy) is 3. The highest BCUT2D eigenvalue weighted by atomic mass is 32.2. The molecule has 1 aromatic carbocycles. The van der Waals surface area contributed by atoms with Crippen molar-refractivity contribution in [2.75, 3.05) is 27.3 Å². The fourth-order valence-electron chi connectivity index (χ4n) is 2.81. The van der Waals surface area contributed by atoms with E-state index in [0.29, 0.717) is 43.4 Å². The molecule has 0 N–H and O–H groups in total. The zero-order chi connectivity index (χ0) is 18.6. The number of rotatable bonds is 6. The summed E-state index contributed by atoms with van der Waals surface area (Å²) in [7, 11) is -0.623. The molecule has 0 atom stereocenters. The maximum atomic E-state index is 12.9. The van der Waals surface area contributed by atoms with Crippen LogP contribution in [-0.4, -0.2) is 56.1 Å². The van der Waals surface area contributed by atoms with Gasteiger partial charge >= 0.3 is 6.01 Å². The second kappa shape index (κ2) is 7.88. The minimum atomic E-state index is -3.60. The lowest BCUT2D eigenvalue weighted by Gasteiger charge is -2.31. The summed E-state index contributed by atoms with van der Waals surface area (Å²) in [6.07, 6.45) is 4.27. The summed E-state index contributed by atoms with van der Waals surface area (Å²) >= 11 is 0. The van der Waals surface area contributed by atoms with Gasteiger partial charge in [0.1, 0.15) is 6.10 Å². The van der Waals surface area contributed by atoms with Gasteiger partial charge in [-0.05, 0) is 31.0 Å². The lowest BCUT2D eigenvalue weighted by Crippen LogP contribution is -2.41. The highest BCUT2D eigenvalue weighted by Gasteiger charge is 2.31. The van der Waals surface area contributed by atoms with E-state index in [1.54, 1.807) is 24.5 Å². The molecule has 1 aliphatic rings. The van der Waals surface area contributed by atoms with Crippen LogP contribution in [0.2, 0.25) is 0 Å². The normalized spacial score (nSPS) is 16.2. The molecule has 0 unspecified atom stereocenters. The van der Waals surface area contributed by atoms with Gasteiger partial charge in [0.15, 0.2) is 11.5 Å². The van der Waals surface area contributed by atoms with E-state index in [0.717, 1.165) is 0 Å². The molecule has 9 heteroatoms. The number of hydrogen-bond acceptors (Lipinski definition) is 7. The molecule has 0 radical (unpaired) electrons. The van der Waals surface area contributed by atoms with Gasteiger partial charge in [0, 0.05) is 31.5 Å². The quantitative estimate of drug-likeness (QED) is 0.755. The van der Waals surface area contributed by atoms with Crippen LogP contribution in [0.15, 0.2) is 41.6 Å². The minimum absolute atomic E-state index is 0.103. The first-order chi connectivity index (χ1) is 12.5. The maximum Gasteiger partial charge on any atom is 0.316 e. The predicted octanol–water partition coefficient (Wildman–Crippen LogP) is 1.73. The van der Waals surface area contributed by atoms with E-state index in [1.165, 1.54) is 30.7 Å². The van der Waals surface area contributed by atoms with E-state index < -0.39 is 10.0 Å². The zero-order valence-corrected chi connectivity index (χ0v) is 15.5. The van der Waals surface area contributed by atoms with E-state index in [1.807, 2.05) is 0 Å². The van der Waals surface area contributed by atoms with E-state index in [4.69, 9.17) is 14.2 Å². The molecular weight excluding hydrogens is 358 g/mol. The molecule has 1 fully saturated rings. The van der Waals surface area contributed by atoms with Crippen LogP contribution in [-0.2, 0) is 10.0 Å². The van der Waals surface area contributed by atoms with Gasteiger partial charge in [-0.1, -0.05) is 0 Å². The van der Waals surface area contributed by atoms with Crippen LogP contribution in [0.4, 0.5) is 0 Å². The molecule has 0 aliphatic carbocycles. The highest BCUT2D eigenvalue weighted by molar-refractivity contribution is 7.89. The first kappa shape index (κ1) is 18.4. The fraction of sp³-hybridized carbons (Fsp3) is 0.412. The number of sulfonamides is 1. The van der Waals surface area contributed by atoms with Gasteiger partial charge in [-0.3, -0.25) is 0 Å². The molecule has 1 saturated heterocycles. The lowest BCUT2D eigenvalue weighted by atomic mass is 10.1. The third kappa shape index (κ3) is 3.88. The van der Waals surface area contributed by atoms with Crippen molar-refractivity contribution in [1.29, 1.82) is 0 Å². The molecule has 0 bridgehead atoms. The molecule has 2 aromatic rings. The first-order valence-electron chi connectivity index (χ1n) is 8.20. The standard InChI is InChI=1S/C17H21N3O5S/c1-23-15-5-4-14(12-16(15)24-2)26(21,22)20-10-6-13(7-11-20)25-17-18-8-3-9-19-17/h3-5,8-9,12-13H,6-7,10-11H2,1-2H3. The van der Waals surface area contributed by atoms with Crippen molar-refractivity contribution in [2.45, 2.75) is 23.8 Å². The van der Waals surface area contributed by atoms with Gasteiger partial charge in [0.2, 0.25) is 10.0 Å². The number of aromatic nitrogens is 2. The summed E-state index contributed by atoms with van der Waals surface area (Å²) in [6, 6.07) is 6.62. The van der Waals surface area contributed by atoms with Gasteiger partial charge < -0.3 is 14.2 Å². The molecule has 0 saturated carbocycles. The van der Waals surface area contributed by atoms with E-state index in [-0.39, 0.29) is 11.0 Å². The molecule has 1 aliphatic heterocycles. The lowest BCUT2D eigenvalue weighted by molar-refractivity contribution is 0.124. The minimum Gasteiger partial charge on any atom is -0.493 e. The second-order valence-electron chi connectivity index (χ2n) is 5.77. The third-order valence-electron chi connectivity index (χ3n) is 4.21. The second-order valence-corrected chi connectivity index (χ2v) is 7.71. The van der Waals surface area contributed by atoms with Crippen LogP contribution in [0.3, 0.4) is 0 Å². The molecule has 0 amide bonds. The van der Waals surface area contributed by atoms with Crippen LogP contribution in [0.1, 0.15) is 12.8 Å². The Balaban J connectivity index is 1.68. The summed E-state index contributed by atoms with van der Waals surface area (Å²) in [5.41, 5.74) is 0. The average molecular weight is 379 g/mol. The maximum absolute atomic E-state index is 12.9. The van der Waals surface area contributed by atoms with Crippen LogP contribution in [0.25, 0.3) is 0 Å². The Kier molecular flexibility index (Phi) is 5.58. The largest absolute Gasteiger partial charge is 0.493 e. The predicted molar refractivity (Wildman–Crippen MR) is 94.0 cm³/mol.